The van der Waals surface area contributed by atoms with Gasteiger partial charge in [-0.25, -0.2) is 12.8 Å². The molecule has 1 fully saturated rings. The highest BCUT2D eigenvalue weighted by atomic mass is 32.2. The van der Waals surface area contributed by atoms with Crippen molar-refractivity contribution in [3.8, 4) is 11.4 Å². The quantitative estimate of drug-likeness (QED) is 0.605. The molecule has 174 valence electrons. The summed E-state index contributed by atoms with van der Waals surface area (Å²) in [4.78, 5) is 17.0. The summed E-state index contributed by atoms with van der Waals surface area (Å²) in [7, 11) is -3.76. The minimum atomic E-state index is -3.76. The van der Waals surface area contributed by atoms with Crippen molar-refractivity contribution in [1.82, 2.24) is 14.4 Å². The first-order chi connectivity index (χ1) is 15.6. The van der Waals surface area contributed by atoms with Crippen LogP contribution in [0.15, 0.2) is 45.8 Å². The minimum absolute atomic E-state index is 0.187. The molecule has 3 aromatic rings. The van der Waals surface area contributed by atoms with Gasteiger partial charge in [0.25, 0.3) is 0 Å². The van der Waals surface area contributed by atoms with Crippen molar-refractivity contribution < 1.29 is 22.1 Å². The topological polar surface area (TPSA) is 105 Å². The van der Waals surface area contributed by atoms with Crippen LogP contribution in [-0.2, 0) is 14.8 Å². The molecule has 10 heteroatoms. The molecule has 8 nitrogen and oxygen atoms in total. The molecule has 0 atom stereocenters. The van der Waals surface area contributed by atoms with Gasteiger partial charge in [0.15, 0.2) is 0 Å². The van der Waals surface area contributed by atoms with Crippen LogP contribution in [0, 0.1) is 32.5 Å². The molecule has 0 saturated carbocycles. The second-order valence-corrected chi connectivity index (χ2v) is 10.2. The van der Waals surface area contributed by atoms with Crippen LogP contribution in [0.2, 0.25) is 0 Å². The number of amides is 1. The van der Waals surface area contributed by atoms with E-state index in [2.05, 4.69) is 15.5 Å². The Hall–Kier alpha value is -3.11. The van der Waals surface area contributed by atoms with Crippen molar-refractivity contribution in [2.75, 3.05) is 18.4 Å². The molecule has 0 radical (unpaired) electrons. The van der Waals surface area contributed by atoms with Crippen molar-refractivity contribution in [3.63, 3.8) is 0 Å². The summed E-state index contributed by atoms with van der Waals surface area (Å²) in [6.45, 7) is 5.59. The molecule has 1 amide bonds. The van der Waals surface area contributed by atoms with Crippen molar-refractivity contribution in [1.29, 1.82) is 0 Å². The number of sulfonamides is 1. The Morgan fingerprint density at radius 3 is 2.45 bits per heavy atom. The summed E-state index contributed by atoms with van der Waals surface area (Å²) < 4.78 is 46.4. The third-order valence-corrected chi connectivity index (χ3v) is 7.90. The Morgan fingerprint density at radius 1 is 1.09 bits per heavy atom. The van der Waals surface area contributed by atoms with Crippen molar-refractivity contribution in [2.24, 2.45) is 5.92 Å². The van der Waals surface area contributed by atoms with Crippen LogP contribution < -0.4 is 5.32 Å². The van der Waals surface area contributed by atoms with Crippen LogP contribution in [0.25, 0.3) is 11.4 Å². The number of nitrogens with one attached hydrogen (secondary N) is 1. The first-order valence-electron chi connectivity index (χ1n) is 10.6. The van der Waals surface area contributed by atoms with Crippen LogP contribution in [0.1, 0.15) is 29.9 Å². The summed E-state index contributed by atoms with van der Waals surface area (Å²) in [5.74, 6) is -0.150. The Bertz CT molecular complexity index is 1300. The normalized spacial score (nSPS) is 15.5. The number of carbonyl (C=O) groups excluding carboxylic acids is 1. The third kappa shape index (κ3) is 4.81. The SMILES string of the molecule is Cc1nc(-c2ccc(C)c(S(=O)(=O)N3CCC(C(=O)Nc4ccc(F)cc4C)CC3)c2)no1. The predicted octanol–water partition coefficient (Wildman–Crippen LogP) is 3.84. The molecule has 1 aliphatic heterocycles. The van der Waals surface area contributed by atoms with E-state index < -0.39 is 10.0 Å². The van der Waals surface area contributed by atoms with Gasteiger partial charge in [0.05, 0.1) is 4.90 Å². The highest BCUT2D eigenvalue weighted by molar-refractivity contribution is 7.89. The van der Waals surface area contributed by atoms with Gasteiger partial charge in [-0.2, -0.15) is 9.29 Å². The zero-order chi connectivity index (χ0) is 23.8. The van der Waals surface area contributed by atoms with Gasteiger partial charge in [-0.3, -0.25) is 4.79 Å². The van der Waals surface area contributed by atoms with Crippen LogP contribution in [0.4, 0.5) is 10.1 Å². The van der Waals surface area contributed by atoms with Crippen LogP contribution in [-0.4, -0.2) is 41.9 Å². The summed E-state index contributed by atoms with van der Waals surface area (Å²) in [5, 5.41) is 6.70. The lowest BCUT2D eigenvalue weighted by atomic mass is 9.97. The number of rotatable bonds is 5. The summed E-state index contributed by atoms with van der Waals surface area (Å²) in [6.07, 6.45) is 0.794. The number of halogens is 1. The van der Waals surface area contributed by atoms with E-state index in [9.17, 15) is 17.6 Å². The maximum atomic E-state index is 13.4. The van der Waals surface area contributed by atoms with E-state index >= 15 is 0 Å². The Labute approximate surface area is 191 Å². The summed E-state index contributed by atoms with van der Waals surface area (Å²) >= 11 is 0. The van der Waals surface area contributed by atoms with E-state index in [0.717, 1.165) is 0 Å². The van der Waals surface area contributed by atoms with Crippen molar-refractivity contribution >= 4 is 21.6 Å². The molecule has 0 spiro atoms. The molecule has 0 unspecified atom stereocenters. The van der Waals surface area contributed by atoms with Gasteiger partial charge in [0, 0.05) is 37.2 Å². The third-order valence-electron chi connectivity index (χ3n) is 5.86. The maximum Gasteiger partial charge on any atom is 0.243 e. The Balaban J connectivity index is 1.46. The fourth-order valence-corrected chi connectivity index (χ4v) is 5.65. The Kier molecular flexibility index (Phi) is 6.31. The van der Waals surface area contributed by atoms with Gasteiger partial charge < -0.3 is 9.84 Å². The smallest absolute Gasteiger partial charge is 0.243 e. The second-order valence-electron chi connectivity index (χ2n) is 8.24. The Morgan fingerprint density at radius 2 is 1.82 bits per heavy atom. The van der Waals surface area contributed by atoms with E-state index in [-0.39, 0.29) is 35.6 Å². The van der Waals surface area contributed by atoms with E-state index in [1.165, 1.54) is 22.5 Å². The number of nitrogens with zero attached hydrogens (tertiary/aromatic N) is 3. The van der Waals surface area contributed by atoms with Gasteiger partial charge in [-0.15, -0.1) is 0 Å². The number of benzene rings is 2. The predicted molar refractivity (Wildman–Crippen MR) is 120 cm³/mol. The minimum Gasteiger partial charge on any atom is -0.339 e. The lowest BCUT2D eigenvalue weighted by Crippen LogP contribution is -2.41. The number of hydrogen-bond acceptors (Lipinski definition) is 6. The van der Waals surface area contributed by atoms with Crippen LogP contribution in [0.3, 0.4) is 0 Å². The average molecular weight is 473 g/mol. The average Bonchev–Trinajstić information content (AvgIpc) is 3.22. The first-order valence-corrected chi connectivity index (χ1v) is 12.1. The molecule has 1 aliphatic rings. The monoisotopic (exact) mass is 472 g/mol. The molecular formula is C23H25FN4O4S. The number of carbonyl (C=O) groups is 1. The van der Waals surface area contributed by atoms with Crippen LogP contribution in [0.5, 0.6) is 0 Å². The second kappa shape index (κ2) is 9.03. The van der Waals surface area contributed by atoms with Gasteiger partial charge in [-0.1, -0.05) is 17.3 Å². The molecule has 1 saturated heterocycles. The molecule has 2 aromatic carbocycles. The number of hydrogen-bond donors (Lipinski definition) is 1. The van der Waals surface area contributed by atoms with E-state index in [4.69, 9.17) is 4.52 Å². The maximum absolute atomic E-state index is 13.4. The van der Waals surface area contributed by atoms with Crippen molar-refractivity contribution in [2.45, 2.75) is 38.5 Å². The molecule has 33 heavy (non-hydrogen) atoms. The van der Waals surface area contributed by atoms with Crippen molar-refractivity contribution in [3.05, 3.63) is 59.2 Å². The number of aromatic nitrogens is 2. The lowest BCUT2D eigenvalue weighted by molar-refractivity contribution is -0.120. The first kappa shape index (κ1) is 23.1. The van der Waals surface area contributed by atoms with Gasteiger partial charge in [0.2, 0.25) is 27.6 Å². The highest BCUT2D eigenvalue weighted by Crippen LogP contribution is 2.29. The number of piperidine rings is 1. The number of aryl methyl sites for hydroxylation is 3. The zero-order valence-electron chi connectivity index (χ0n) is 18.6. The van der Waals surface area contributed by atoms with E-state index in [1.807, 2.05) is 0 Å². The fourth-order valence-electron chi connectivity index (χ4n) is 3.93. The van der Waals surface area contributed by atoms with E-state index in [0.29, 0.717) is 46.9 Å². The highest BCUT2D eigenvalue weighted by Gasteiger charge is 2.33. The van der Waals surface area contributed by atoms with Gasteiger partial charge in [-0.05, 0) is 62.1 Å². The zero-order valence-corrected chi connectivity index (χ0v) is 19.4. The molecule has 1 aromatic heterocycles. The lowest BCUT2D eigenvalue weighted by Gasteiger charge is -2.31. The molecule has 0 bridgehead atoms. The number of anilines is 1. The fraction of sp³-hybridized carbons (Fsp3) is 0.348. The van der Waals surface area contributed by atoms with Gasteiger partial charge in [0.1, 0.15) is 5.82 Å². The standard InChI is InChI=1S/C23H25FN4O4S/c1-14-4-5-18(22-25-16(3)32-27-22)13-21(14)33(30,31)28-10-8-17(9-11-28)23(29)26-20-7-6-19(24)12-15(20)2/h4-7,12-13,17H,8-11H2,1-3H3,(H,26,29). The molecule has 1 N–H and O–H groups in total. The summed E-state index contributed by atoms with van der Waals surface area (Å²) in [5.41, 5.74) is 2.36. The molecule has 2 heterocycles. The largest absolute Gasteiger partial charge is 0.339 e. The molecule has 4 rings (SSSR count). The van der Waals surface area contributed by atoms with Crippen LogP contribution >= 0.6 is 0 Å². The molecule has 0 aliphatic carbocycles. The van der Waals surface area contributed by atoms with Gasteiger partial charge >= 0.3 is 0 Å². The molecular weight excluding hydrogens is 447 g/mol. The van der Waals surface area contributed by atoms with E-state index in [1.54, 1.807) is 39.0 Å². The summed E-state index contributed by atoms with van der Waals surface area (Å²) in [6, 6.07) is 9.22.